The fourth-order valence-electron chi connectivity index (χ4n) is 2.05. The van der Waals surface area contributed by atoms with Gasteiger partial charge in [0.2, 0.25) is 0 Å². The minimum Gasteiger partial charge on any atom is -0.496 e. The molecule has 4 nitrogen and oxygen atoms in total. The molecule has 16 heavy (non-hydrogen) atoms. The fraction of sp³-hybridized carbons (Fsp3) is 0.250. The minimum atomic E-state index is -0.430. The number of nitrogens with zero attached hydrogens (tertiary/aromatic N) is 1. The van der Waals surface area contributed by atoms with Gasteiger partial charge < -0.3 is 15.0 Å². The van der Waals surface area contributed by atoms with Gasteiger partial charge in [-0.15, -0.1) is 0 Å². The topological polar surface area (TPSA) is 57.2 Å². The van der Waals surface area contributed by atoms with Gasteiger partial charge >= 0.3 is 0 Å². The third kappa shape index (κ3) is 1.34. The van der Waals surface area contributed by atoms with Gasteiger partial charge in [-0.2, -0.15) is 0 Å². The summed E-state index contributed by atoms with van der Waals surface area (Å²) in [6.07, 6.45) is 0. The van der Waals surface area contributed by atoms with Crippen molar-refractivity contribution in [3.05, 3.63) is 29.5 Å². The molecule has 2 N–H and O–H groups in total. The number of primary amides is 1. The van der Waals surface area contributed by atoms with Crippen LogP contribution in [0.3, 0.4) is 0 Å². The van der Waals surface area contributed by atoms with E-state index in [2.05, 4.69) is 0 Å². The Morgan fingerprint density at radius 1 is 1.44 bits per heavy atom. The second-order valence-electron chi connectivity index (χ2n) is 3.80. The first-order chi connectivity index (χ1) is 7.56. The largest absolute Gasteiger partial charge is 0.496 e. The van der Waals surface area contributed by atoms with Gasteiger partial charge in [-0.3, -0.25) is 4.79 Å². The number of nitrogens with two attached hydrogens (primary N) is 1. The Labute approximate surface area is 93.6 Å². The molecule has 0 saturated carbocycles. The summed E-state index contributed by atoms with van der Waals surface area (Å²) in [7, 11) is 3.44. The first kappa shape index (κ1) is 10.5. The van der Waals surface area contributed by atoms with Gasteiger partial charge in [0.1, 0.15) is 11.4 Å². The van der Waals surface area contributed by atoms with E-state index in [1.54, 1.807) is 17.7 Å². The molecule has 1 aromatic heterocycles. The molecule has 1 amide bonds. The number of rotatable bonds is 2. The van der Waals surface area contributed by atoms with Crippen molar-refractivity contribution in [2.75, 3.05) is 7.11 Å². The van der Waals surface area contributed by atoms with Gasteiger partial charge in [0, 0.05) is 12.4 Å². The third-order valence-corrected chi connectivity index (χ3v) is 2.83. The Morgan fingerprint density at radius 2 is 2.12 bits per heavy atom. The van der Waals surface area contributed by atoms with Crippen LogP contribution >= 0.6 is 0 Å². The van der Waals surface area contributed by atoms with Crippen LogP contribution in [0.25, 0.3) is 10.9 Å². The molecule has 0 aliphatic heterocycles. The molecule has 0 unspecified atom stereocenters. The van der Waals surface area contributed by atoms with Gasteiger partial charge in [-0.05, 0) is 24.6 Å². The zero-order valence-corrected chi connectivity index (χ0v) is 9.57. The number of ether oxygens (including phenoxy) is 1. The van der Waals surface area contributed by atoms with E-state index in [4.69, 9.17) is 10.5 Å². The van der Waals surface area contributed by atoms with Crippen LogP contribution in [0, 0.1) is 6.92 Å². The summed E-state index contributed by atoms with van der Waals surface area (Å²) in [5.41, 5.74) is 7.88. The zero-order chi connectivity index (χ0) is 11.9. The monoisotopic (exact) mass is 218 g/mol. The SMILES string of the molecule is COc1ccc(C)c2c1cc(C(N)=O)n2C. The number of methoxy groups -OCH3 is 1. The molecule has 2 rings (SSSR count). The summed E-state index contributed by atoms with van der Waals surface area (Å²) in [4.78, 5) is 11.3. The standard InChI is InChI=1S/C12H14N2O2/c1-7-4-5-10(16-3)8-6-9(12(13)15)14(2)11(7)8/h4-6H,1-3H3,(H2,13,15). The molecule has 2 aromatic rings. The predicted molar refractivity (Wildman–Crippen MR) is 62.7 cm³/mol. The van der Waals surface area contributed by atoms with E-state index < -0.39 is 5.91 Å². The maximum Gasteiger partial charge on any atom is 0.265 e. The molecule has 1 aromatic carbocycles. The zero-order valence-electron chi connectivity index (χ0n) is 9.57. The van der Waals surface area contributed by atoms with Gasteiger partial charge in [0.05, 0.1) is 12.6 Å². The summed E-state index contributed by atoms with van der Waals surface area (Å²) < 4.78 is 7.07. The summed E-state index contributed by atoms with van der Waals surface area (Å²) in [5.74, 6) is 0.323. The third-order valence-electron chi connectivity index (χ3n) is 2.83. The predicted octanol–water partition coefficient (Wildman–Crippen LogP) is 1.59. The van der Waals surface area contributed by atoms with Crippen LogP contribution in [0.4, 0.5) is 0 Å². The Hall–Kier alpha value is -1.97. The Morgan fingerprint density at radius 3 is 2.69 bits per heavy atom. The number of carbonyl (C=O) groups is 1. The second-order valence-corrected chi connectivity index (χ2v) is 3.80. The number of benzene rings is 1. The maximum absolute atomic E-state index is 11.3. The van der Waals surface area contributed by atoms with Crippen molar-refractivity contribution in [1.82, 2.24) is 4.57 Å². The normalized spacial score (nSPS) is 10.7. The van der Waals surface area contributed by atoms with Crippen molar-refractivity contribution in [2.24, 2.45) is 12.8 Å². The molecule has 84 valence electrons. The van der Waals surface area contributed by atoms with Crippen molar-refractivity contribution in [3.8, 4) is 5.75 Å². The van der Waals surface area contributed by atoms with E-state index in [0.717, 1.165) is 22.2 Å². The number of aryl methyl sites for hydroxylation is 2. The van der Waals surface area contributed by atoms with E-state index in [1.165, 1.54) is 0 Å². The van der Waals surface area contributed by atoms with E-state index in [9.17, 15) is 4.79 Å². The Kier molecular flexibility index (Phi) is 2.34. The van der Waals surface area contributed by atoms with Gasteiger partial charge in [-0.1, -0.05) is 6.07 Å². The van der Waals surface area contributed by atoms with Crippen molar-refractivity contribution >= 4 is 16.8 Å². The smallest absolute Gasteiger partial charge is 0.265 e. The van der Waals surface area contributed by atoms with Crippen LogP contribution in [0.1, 0.15) is 16.1 Å². The Bertz CT molecular complexity index is 570. The highest BCUT2D eigenvalue weighted by Gasteiger charge is 2.14. The minimum absolute atomic E-state index is 0.430. The molecule has 1 heterocycles. The van der Waals surface area contributed by atoms with E-state index in [-0.39, 0.29) is 0 Å². The van der Waals surface area contributed by atoms with Crippen molar-refractivity contribution < 1.29 is 9.53 Å². The van der Waals surface area contributed by atoms with Crippen molar-refractivity contribution in [3.63, 3.8) is 0 Å². The van der Waals surface area contributed by atoms with Crippen LogP contribution in [0.2, 0.25) is 0 Å². The fourth-order valence-corrected chi connectivity index (χ4v) is 2.05. The van der Waals surface area contributed by atoms with Gasteiger partial charge in [0.15, 0.2) is 0 Å². The lowest BCUT2D eigenvalue weighted by molar-refractivity contribution is 0.0993. The molecule has 0 bridgehead atoms. The maximum atomic E-state index is 11.3. The molecule has 0 spiro atoms. The highest BCUT2D eigenvalue weighted by atomic mass is 16.5. The number of aromatic nitrogens is 1. The first-order valence-corrected chi connectivity index (χ1v) is 4.99. The first-order valence-electron chi connectivity index (χ1n) is 4.99. The van der Waals surface area contributed by atoms with Gasteiger partial charge in [-0.25, -0.2) is 0 Å². The number of carbonyl (C=O) groups excluding carboxylic acids is 1. The average Bonchev–Trinajstić information content (AvgIpc) is 2.58. The van der Waals surface area contributed by atoms with Crippen molar-refractivity contribution in [1.29, 1.82) is 0 Å². The molecule has 4 heteroatoms. The molecule has 0 saturated heterocycles. The lowest BCUT2D eigenvalue weighted by Crippen LogP contribution is -2.14. The quantitative estimate of drug-likeness (QED) is 0.832. The van der Waals surface area contributed by atoms with Crippen LogP contribution in [-0.4, -0.2) is 17.6 Å². The van der Waals surface area contributed by atoms with E-state index in [0.29, 0.717) is 5.69 Å². The van der Waals surface area contributed by atoms with Gasteiger partial charge in [0.25, 0.3) is 5.91 Å². The van der Waals surface area contributed by atoms with Crippen molar-refractivity contribution in [2.45, 2.75) is 6.92 Å². The lowest BCUT2D eigenvalue weighted by atomic mass is 10.1. The molecule has 0 fully saturated rings. The molecule has 0 atom stereocenters. The van der Waals surface area contributed by atoms with E-state index >= 15 is 0 Å². The molecular formula is C12H14N2O2. The molecule has 0 aliphatic carbocycles. The lowest BCUT2D eigenvalue weighted by Gasteiger charge is -2.06. The summed E-state index contributed by atoms with van der Waals surface area (Å²) >= 11 is 0. The second kappa shape index (κ2) is 3.56. The summed E-state index contributed by atoms with van der Waals surface area (Å²) in [5, 5.41) is 0.916. The molecule has 0 radical (unpaired) electrons. The summed E-state index contributed by atoms with van der Waals surface area (Å²) in [6, 6.07) is 5.62. The average molecular weight is 218 g/mol. The number of hydrogen-bond donors (Lipinski definition) is 1. The molecule has 0 aliphatic rings. The van der Waals surface area contributed by atoms with Crippen LogP contribution < -0.4 is 10.5 Å². The van der Waals surface area contributed by atoms with E-state index in [1.807, 2.05) is 26.1 Å². The highest BCUT2D eigenvalue weighted by Crippen LogP contribution is 2.30. The highest BCUT2D eigenvalue weighted by molar-refractivity contribution is 6.00. The van der Waals surface area contributed by atoms with Crippen LogP contribution in [0.5, 0.6) is 5.75 Å². The number of fused-ring (bicyclic) bond motifs is 1. The summed E-state index contributed by atoms with van der Waals surface area (Å²) in [6.45, 7) is 1.99. The van der Waals surface area contributed by atoms with Crippen LogP contribution in [0.15, 0.2) is 18.2 Å². The van der Waals surface area contributed by atoms with Crippen LogP contribution in [-0.2, 0) is 7.05 Å². The number of hydrogen-bond acceptors (Lipinski definition) is 2. The number of amides is 1. The Balaban J connectivity index is 2.89. The molecular weight excluding hydrogens is 204 g/mol.